The minimum Gasteiger partial charge on any atom is -0.355 e. The van der Waals surface area contributed by atoms with E-state index in [4.69, 9.17) is 5.73 Å². The van der Waals surface area contributed by atoms with Crippen LogP contribution in [0, 0.1) is 6.92 Å². The summed E-state index contributed by atoms with van der Waals surface area (Å²) in [5.74, 6) is 1.75. The van der Waals surface area contributed by atoms with Crippen LogP contribution >= 0.6 is 0 Å². The molecule has 2 aromatic heterocycles. The van der Waals surface area contributed by atoms with E-state index in [1.807, 2.05) is 25.1 Å². The molecule has 2 N–H and O–H groups in total. The SMILES string of the molecule is Cc1nc(-c2ccncc2)cc(N2CCC(N)C2)n1. The van der Waals surface area contributed by atoms with Gasteiger partial charge in [0.05, 0.1) is 5.69 Å². The van der Waals surface area contributed by atoms with Gasteiger partial charge < -0.3 is 10.6 Å². The van der Waals surface area contributed by atoms with E-state index in [-0.39, 0.29) is 6.04 Å². The molecule has 1 saturated heterocycles. The van der Waals surface area contributed by atoms with Crippen molar-refractivity contribution in [3.63, 3.8) is 0 Å². The first-order valence-electron chi connectivity index (χ1n) is 6.49. The minimum absolute atomic E-state index is 0.250. The third-order valence-corrected chi connectivity index (χ3v) is 3.35. The van der Waals surface area contributed by atoms with Crippen LogP contribution in [0.15, 0.2) is 30.6 Å². The van der Waals surface area contributed by atoms with Gasteiger partial charge in [0.25, 0.3) is 0 Å². The lowest BCUT2D eigenvalue weighted by Crippen LogP contribution is -2.27. The predicted molar refractivity (Wildman–Crippen MR) is 74.8 cm³/mol. The maximum atomic E-state index is 5.96. The summed E-state index contributed by atoms with van der Waals surface area (Å²) in [6.07, 6.45) is 4.57. The molecule has 1 aliphatic heterocycles. The zero-order chi connectivity index (χ0) is 13.2. The topological polar surface area (TPSA) is 67.9 Å². The summed E-state index contributed by atoms with van der Waals surface area (Å²) in [4.78, 5) is 15.3. The van der Waals surface area contributed by atoms with Crippen LogP contribution in [0.25, 0.3) is 11.3 Å². The van der Waals surface area contributed by atoms with Gasteiger partial charge >= 0.3 is 0 Å². The van der Waals surface area contributed by atoms with Crippen molar-refractivity contribution in [2.45, 2.75) is 19.4 Å². The molecule has 0 radical (unpaired) electrons. The molecule has 98 valence electrons. The third kappa shape index (κ3) is 2.56. The third-order valence-electron chi connectivity index (χ3n) is 3.35. The Balaban J connectivity index is 1.97. The molecule has 1 fully saturated rings. The van der Waals surface area contributed by atoms with E-state index < -0.39 is 0 Å². The first kappa shape index (κ1) is 12.0. The Morgan fingerprint density at radius 1 is 1.26 bits per heavy atom. The highest BCUT2D eigenvalue weighted by Crippen LogP contribution is 2.23. The summed E-state index contributed by atoms with van der Waals surface area (Å²) in [5.41, 5.74) is 7.95. The molecule has 0 bridgehead atoms. The van der Waals surface area contributed by atoms with Gasteiger partial charge in [0.1, 0.15) is 11.6 Å². The molecular formula is C14H17N5. The monoisotopic (exact) mass is 255 g/mol. The van der Waals surface area contributed by atoms with Crippen molar-refractivity contribution in [1.82, 2.24) is 15.0 Å². The highest BCUT2D eigenvalue weighted by atomic mass is 15.2. The first-order chi connectivity index (χ1) is 9.22. The summed E-state index contributed by atoms with van der Waals surface area (Å²) < 4.78 is 0. The van der Waals surface area contributed by atoms with Gasteiger partial charge in [-0.25, -0.2) is 9.97 Å². The number of nitrogens with zero attached hydrogens (tertiary/aromatic N) is 4. The van der Waals surface area contributed by atoms with Crippen LogP contribution in [-0.2, 0) is 0 Å². The molecule has 1 atom stereocenters. The zero-order valence-corrected chi connectivity index (χ0v) is 11.0. The normalized spacial score (nSPS) is 18.8. The highest BCUT2D eigenvalue weighted by molar-refractivity contribution is 5.62. The first-order valence-corrected chi connectivity index (χ1v) is 6.49. The fourth-order valence-electron chi connectivity index (χ4n) is 2.38. The number of aryl methyl sites for hydroxylation is 1. The van der Waals surface area contributed by atoms with Gasteiger partial charge in [0.2, 0.25) is 0 Å². The molecular weight excluding hydrogens is 238 g/mol. The average Bonchev–Trinajstić information content (AvgIpc) is 2.86. The molecule has 0 aromatic carbocycles. The lowest BCUT2D eigenvalue weighted by molar-refractivity contribution is 0.751. The smallest absolute Gasteiger partial charge is 0.132 e. The summed E-state index contributed by atoms with van der Waals surface area (Å²) in [6.45, 7) is 3.75. The van der Waals surface area contributed by atoms with Gasteiger partial charge in [0, 0.05) is 43.2 Å². The van der Waals surface area contributed by atoms with Gasteiger partial charge in [-0.2, -0.15) is 0 Å². The molecule has 19 heavy (non-hydrogen) atoms. The van der Waals surface area contributed by atoms with E-state index in [1.54, 1.807) is 12.4 Å². The van der Waals surface area contributed by atoms with E-state index in [0.717, 1.165) is 42.4 Å². The maximum absolute atomic E-state index is 5.96. The Bertz CT molecular complexity index is 569. The Morgan fingerprint density at radius 3 is 2.74 bits per heavy atom. The van der Waals surface area contributed by atoms with Gasteiger partial charge in [-0.15, -0.1) is 0 Å². The van der Waals surface area contributed by atoms with Crippen LogP contribution in [0.2, 0.25) is 0 Å². The number of aromatic nitrogens is 3. The molecule has 0 spiro atoms. The molecule has 1 aliphatic rings. The summed E-state index contributed by atoms with van der Waals surface area (Å²) in [6, 6.07) is 6.20. The number of pyridine rings is 1. The fraction of sp³-hybridized carbons (Fsp3) is 0.357. The average molecular weight is 255 g/mol. The number of anilines is 1. The zero-order valence-electron chi connectivity index (χ0n) is 11.0. The number of hydrogen-bond acceptors (Lipinski definition) is 5. The molecule has 0 saturated carbocycles. The van der Waals surface area contributed by atoms with Crippen molar-refractivity contribution in [1.29, 1.82) is 0 Å². The fourth-order valence-corrected chi connectivity index (χ4v) is 2.38. The number of rotatable bonds is 2. The van der Waals surface area contributed by atoms with Crippen molar-refractivity contribution in [3.8, 4) is 11.3 Å². The second-order valence-corrected chi connectivity index (χ2v) is 4.89. The van der Waals surface area contributed by atoms with Crippen molar-refractivity contribution in [2.75, 3.05) is 18.0 Å². The lowest BCUT2D eigenvalue weighted by atomic mass is 10.2. The lowest BCUT2D eigenvalue weighted by Gasteiger charge is -2.18. The van der Waals surface area contributed by atoms with E-state index in [2.05, 4.69) is 19.9 Å². The molecule has 2 aromatic rings. The molecule has 1 unspecified atom stereocenters. The van der Waals surface area contributed by atoms with Crippen LogP contribution < -0.4 is 10.6 Å². The highest BCUT2D eigenvalue weighted by Gasteiger charge is 2.21. The van der Waals surface area contributed by atoms with Crippen LogP contribution in [0.5, 0.6) is 0 Å². The van der Waals surface area contributed by atoms with Crippen LogP contribution in [0.1, 0.15) is 12.2 Å². The Labute approximate surface area is 112 Å². The molecule has 3 heterocycles. The molecule has 0 aliphatic carbocycles. The van der Waals surface area contributed by atoms with Gasteiger partial charge in [-0.3, -0.25) is 4.98 Å². The molecule has 0 amide bonds. The Morgan fingerprint density at radius 2 is 2.05 bits per heavy atom. The van der Waals surface area contributed by atoms with Crippen molar-refractivity contribution in [2.24, 2.45) is 5.73 Å². The van der Waals surface area contributed by atoms with Crippen molar-refractivity contribution in [3.05, 3.63) is 36.4 Å². The van der Waals surface area contributed by atoms with Gasteiger partial charge in [0.15, 0.2) is 0 Å². The van der Waals surface area contributed by atoms with Crippen molar-refractivity contribution < 1.29 is 0 Å². The van der Waals surface area contributed by atoms with Crippen LogP contribution in [0.3, 0.4) is 0 Å². The van der Waals surface area contributed by atoms with E-state index >= 15 is 0 Å². The number of hydrogen-bond donors (Lipinski definition) is 1. The largest absolute Gasteiger partial charge is 0.355 e. The second-order valence-electron chi connectivity index (χ2n) is 4.89. The standard InChI is InChI=1S/C14H17N5/c1-10-17-13(11-2-5-16-6-3-11)8-14(18-10)19-7-4-12(15)9-19/h2-3,5-6,8,12H,4,7,9,15H2,1H3. The van der Waals surface area contributed by atoms with Gasteiger partial charge in [-0.05, 0) is 25.5 Å². The van der Waals surface area contributed by atoms with E-state index in [0.29, 0.717) is 0 Å². The predicted octanol–water partition coefficient (Wildman–Crippen LogP) is 1.38. The molecule has 5 nitrogen and oxygen atoms in total. The quantitative estimate of drug-likeness (QED) is 0.878. The maximum Gasteiger partial charge on any atom is 0.132 e. The summed E-state index contributed by atoms with van der Waals surface area (Å²) in [5, 5.41) is 0. The Hall–Kier alpha value is -2.01. The summed E-state index contributed by atoms with van der Waals surface area (Å²) >= 11 is 0. The van der Waals surface area contributed by atoms with E-state index in [1.165, 1.54) is 0 Å². The molecule has 5 heteroatoms. The van der Waals surface area contributed by atoms with Crippen LogP contribution in [-0.4, -0.2) is 34.1 Å². The summed E-state index contributed by atoms with van der Waals surface area (Å²) in [7, 11) is 0. The van der Waals surface area contributed by atoms with Gasteiger partial charge in [-0.1, -0.05) is 0 Å². The van der Waals surface area contributed by atoms with Crippen LogP contribution in [0.4, 0.5) is 5.82 Å². The van der Waals surface area contributed by atoms with E-state index in [9.17, 15) is 0 Å². The second kappa shape index (κ2) is 4.93. The van der Waals surface area contributed by atoms with Crippen molar-refractivity contribution >= 4 is 5.82 Å². The molecule has 3 rings (SSSR count). The number of nitrogens with two attached hydrogens (primary N) is 1. The minimum atomic E-state index is 0.250. The Kier molecular flexibility index (Phi) is 3.13.